The smallest absolute Gasteiger partial charge is 0.255 e. The molecule has 0 atom stereocenters. The zero-order valence-electron chi connectivity index (χ0n) is 19.3. The van der Waals surface area contributed by atoms with Gasteiger partial charge in [0.25, 0.3) is 5.91 Å². The highest BCUT2D eigenvalue weighted by molar-refractivity contribution is 6.00. The SMILES string of the molecule is CC(C)NC(=O)c1cnc(Nc2ccc3c(c2)CNC3)cc1Nc1cccc(C(C)(C)F)n1. The number of hydrogen-bond donors (Lipinski definition) is 4. The predicted molar refractivity (Wildman–Crippen MR) is 129 cm³/mol. The first kappa shape index (κ1) is 22.7. The van der Waals surface area contributed by atoms with Crippen LogP contribution in [0.15, 0.2) is 48.7 Å². The minimum Gasteiger partial charge on any atom is -0.350 e. The maximum Gasteiger partial charge on any atom is 0.255 e. The van der Waals surface area contributed by atoms with Crippen molar-refractivity contribution in [3.05, 3.63) is 71.0 Å². The number of carbonyl (C=O) groups is 1. The van der Waals surface area contributed by atoms with E-state index >= 15 is 0 Å². The Labute approximate surface area is 193 Å². The number of hydrogen-bond acceptors (Lipinski definition) is 6. The van der Waals surface area contributed by atoms with Gasteiger partial charge in [-0.2, -0.15) is 0 Å². The van der Waals surface area contributed by atoms with Gasteiger partial charge in [-0.1, -0.05) is 12.1 Å². The van der Waals surface area contributed by atoms with Gasteiger partial charge in [-0.3, -0.25) is 4.79 Å². The van der Waals surface area contributed by atoms with Gasteiger partial charge in [0.15, 0.2) is 0 Å². The summed E-state index contributed by atoms with van der Waals surface area (Å²) >= 11 is 0. The van der Waals surface area contributed by atoms with Crippen LogP contribution in [0.5, 0.6) is 0 Å². The van der Waals surface area contributed by atoms with Gasteiger partial charge in [-0.25, -0.2) is 14.4 Å². The minimum absolute atomic E-state index is 0.0306. The van der Waals surface area contributed by atoms with Gasteiger partial charge in [-0.15, -0.1) is 0 Å². The summed E-state index contributed by atoms with van der Waals surface area (Å²) in [6.07, 6.45) is 1.53. The van der Waals surface area contributed by atoms with Crippen molar-refractivity contribution >= 4 is 28.9 Å². The van der Waals surface area contributed by atoms with Crippen LogP contribution >= 0.6 is 0 Å². The third-order valence-corrected chi connectivity index (χ3v) is 5.30. The van der Waals surface area contributed by atoms with E-state index in [0.717, 1.165) is 18.8 Å². The summed E-state index contributed by atoms with van der Waals surface area (Å²) < 4.78 is 14.4. The van der Waals surface area contributed by atoms with Crippen molar-refractivity contribution < 1.29 is 9.18 Å². The van der Waals surface area contributed by atoms with Crippen LogP contribution in [0.25, 0.3) is 0 Å². The van der Waals surface area contributed by atoms with E-state index in [2.05, 4.69) is 43.4 Å². The van der Waals surface area contributed by atoms with Crippen LogP contribution in [0.1, 0.15) is 54.9 Å². The van der Waals surface area contributed by atoms with Crippen LogP contribution in [0.4, 0.5) is 27.4 Å². The van der Waals surface area contributed by atoms with Gasteiger partial charge in [0.05, 0.1) is 16.9 Å². The van der Waals surface area contributed by atoms with Crippen molar-refractivity contribution in [1.82, 2.24) is 20.6 Å². The Morgan fingerprint density at radius 2 is 1.85 bits per heavy atom. The summed E-state index contributed by atoms with van der Waals surface area (Å²) in [6, 6.07) is 13.0. The maximum absolute atomic E-state index is 14.4. The third kappa shape index (κ3) is 5.46. The molecule has 8 heteroatoms. The molecular formula is C25H29FN6O. The van der Waals surface area contributed by atoms with E-state index in [0.29, 0.717) is 28.6 Å². The number of amides is 1. The summed E-state index contributed by atoms with van der Waals surface area (Å²) in [5, 5.41) is 12.7. The number of carbonyl (C=O) groups excluding carboxylic acids is 1. The number of anilines is 4. The van der Waals surface area contributed by atoms with E-state index in [9.17, 15) is 9.18 Å². The average molecular weight is 449 g/mol. The summed E-state index contributed by atoms with van der Waals surface area (Å²) in [4.78, 5) is 21.6. The minimum atomic E-state index is -1.58. The van der Waals surface area contributed by atoms with Gasteiger partial charge in [0.1, 0.15) is 17.3 Å². The van der Waals surface area contributed by atoms with Gasteiger partial charge in [0.2, 0.25) is 0 Å². The van der Waals surface area contributed by atoms with Crippen molar-refractivity contribution in [2.75, 3.05) is 10.6 Å². The molecule has 0 aliphatic carbocycles. The molecule has 0 unspecified atom stereocenters. The third-order valence-electron chi connectivity index (χ3n) is 5.30. The summed E-state index contributed by atoms with van der Waals surface area (Å²) in [5.74, 6) is 0.765. The first-order chi connectivity index (χ1) is 15.7. The summed E-state index contributed by atoms with van der Waals surface area (Å²) in [6.45, 7) is 8.43. The molecule has 3 heterocycles. The van der Waals surface area contributed by atoms with Crippen LogP contribution < -0.4 is 21.3 Å². The molecule has 33 heavy (non-hydrogen) atoms. The van der Waals surface area contributed by atoms with E-state index in [-0.39, 0.29) is 11.9 Å². The van der Waals surface area contributed by atoms with Crippen molar-refractivity contribution in [3.63, 3.8) is 0 Å². The molecule has 4 N–H and O–H groups in total. The van der Waals surface area contributed by atoms with Crippen molar-refractivity contribution in [1.29, 1.82) is 0 Å². The first-order valence-corrected chi connectivity index (χ1v) is 11.0. The number of nitrogens with one attached hydrogen (secondary N) is 4. The van der Waals surface area contributed by atoms with Gasteiger partial charge in [0, 0.05) is 37.1 Å². The summed E-state index contributed by atoms with van der Waals surface area (Å²) in [7, 11) is 0. The average Bonchev–Trinajstić information content (AvgIpc) is 3.21. The number of nitrogens with zero attached hydrogens (tertiary/aromatic N) is 2. The lowest BCUT2D eigenvalue weighted by Crippen LogP contribution is -2.30. The predicted octanol–water partition coefficient (Wildman–Crippen LogP) is 4.91. The maximum atomic E-state index is 14.4. The number of benzene rings is 1. The molecule has 0 radical (unpaired) electrons. The fourth-order valence-electron chi connectivity index (χ4n) is 3.64. The van der Waals surface area contributed by atoms with Crippen molar-refractivity contribution in [2.45, 2.75) is 52.5 Å². The Morgan fingerprint density at radius 3 is 2.61 bits per heavy atom. The standard InChI is InChI=1S/C25H29FN6O/c1-15(2)29-24(33)19-14-28-23(30-18-9-8-16-12-27-13-17(16)10-18)11-20(19)31-22-7-5-6-21(32-22)25(3,4)26/h5-11,14-15,27H,12-13H2,1-4H3,(H,29,33)(H2,28,30,31,32). The molecule has 3 aromatic rings. The quantitative estimate of drug-likeness (QED) is 0.411. The number of aromatic nitrogens is 2. The molecule has 0 spiro atoms. The monoisotopic (exact) mass is 448 g/mol. The van der Waals surface area contributed by atoms with Crippen molar-refractivity contribution in [3.8, 4) is 0 Å². The number of halogens is 1. The normalized spacial score (nSPS) is 13.0. The second-order valence-electron chi connectivity index (χ2n) is 8.96. The van der Waals surface area contributed by atoms with Crippen molar-refractivity contribution in [2.24, 2.45) is 0 Å². The molecule has 2 aromatic heterocycles. The second-order valence-corrected chi connectivity index (χ2v) is 8.96. The fourth-order valence-corrected chi connectivity index (χ4v) is 3.64. The van der Waals surface area contributed by atoms with Crippen LogP contribution in [0.2, 0.25) is 0 Å². The molecule has 0 fully saturated rings. The molecular weight excluding hydrogens is 419 g/mol. The second kappa shape index (κ2) is 9.15. The van der Waals surface area contributed by atoms with E-state index in [4.69, 9.17) is 0 Å². The Morgan fingerprint density at radius 1 is 1.06 bits per heavy atom. The molecule has 0 saturated heterocycles. The van der Waals surface area contributed by atoms with E-state index in [1.54, 1.807) is 24.3 Å². The number of pyridine rings is 2. The molecule has 172 valence electrons. The Hall–Kier alpha value is -3.52. The molecule has 1 aliphatic heterocycles. The Kier molecular flexibility index (Phi) is 6.29. The molecule has 0 saturated carbocycles. The zero-order valence-corrected chi connectivity index (χ0v) is 19.3. The van der Waals surface area contributed by atoms with E-state index < -0.39 is 5.67 Å². The highest BCUT2D eigenvalue weighted by Crippen LogP contribution is 2.28. The molecule has 7 nitrogen and oxygen atoms in total. The Bertz CT molecular complexity index is 1170. The zero-order chi connectivity index (χ0) is 23.6. The van der Waals surface area contributed by atoms with Gasteiger partial charge >= 0.3 is 0 Å². The van der Waals surface area contributed by atoms with Gasteiger partial charge in [-0.05, 0) is 63.1 Å². The molecule has 4 rings (SSSR count). The largest absolute Gasteiger partial charge is 0.350 e. The highest BCUT2D eigenvalue weighted by Gasteiger charge is 2.21. The van der Waals surface area contributed by atoms with Gasteiger partial charge < -0.3 is 21.3 Å². The van der Waals surface area contributed by atoms with Crippen LogP contribution in [0, 0.1) is 0 Å². The molecule has 1 aromatic carbocycles. The topological polar surface area (TPSA) is 91.0 Å². The number of alkyl halides is 1. The number of rotatable bonds is 7. The lowest BCUT2D eigenvalue weighted by molar-refractivity contribution is 0.0943. The molecule has 0 bridgehead atoms. The van der Waals surface area contributed by atoms with E-state index in [1.165, 1.54) is 31.2 Å². The summed E-state index contributed by atoms with van der Waals surface area (Å²) in [5.41, 5.74) is 3.07. The van der Waals surface area contributed by atoms with Crippen LogP contribution in [-0.2, 0) is 18.8 Å². The van der Waals surface area contributed by atoms with Crippen LogP contribution in [0.3, 0.4) is 0 Å². The van der Waals surface area contributed by atoms with E-state index in [1.807, 2.05) is 19.9 Å². The lowest BCUT2D eigenvalue weighted by atomic mass is 10.1. The van der Waals surface area contributed by atoms with Crippen LogP contribution in [-0.4, -0.2) is 21.9 Å². The lowest BCUT2D eigenvalue weighted by Gasteiger charge is -2.17. The fraction of sp³-hybridized carbons (Fsp3) is 0.320. The molecule has 1 aliphatic rings. The molecule has 1 amide bonds. The Balaban J connectivity index is 1.65. The number of fused-ring (bicyclic) bond motifs is 1. The highest BCUT2D eigenvalue weighted by atomic mass is 19.1. The first-order valence-electron chi connectivity index (χ1n) is 11.0.